The number of rotatable bonds is 0. The van der Waals surface area contributed by atoms with Crippen LogP contribution in [0.15, 0.2) is 94.1 Å². The van der Waals surface area contributed by atoms with Gasteiger partial charge < -0.3 is 15.1 Å². The maximum absolute atomic E-state index is 13.9. The molecule has 1 spiro atoms. The molecule has 7 rings (SSSR count). The SMILES string of the molecule is O=C1Nc2ccc3ccccc3c2C12c1ccccc1Nc1c2c(=O)oc2ccccc12. The normalized spacial score (nSPS) is 18.2. The smallest absolute Gasteiger partial charge is 0.343 e. The molecule has 0 saturated carbocycles. The number of anilines is 3. The summed E-state index contributed by atoms with van der Waals surface area (Å²) < 4.78 is 5.76. The number of carbonyl (C=O) groups is 1. The Hall–Kier alpha value is -4.38. The number of hydrogen-bond acceptors (Lipinski definition) is 4. The molecule has 1 atom stereocenters. The highest BCUT2D eigenvalue weighted by atomic mass is 16.4. The van der Waals surface area contributed by atoms with Crippen molar-refractivity contribution in [1.82, 2.24) is 0 Å². The second kappa shape index (κ2) is 5.86. The monoisotopic (exact) mass is 416 g/mol. The van der Waals surface area contributed by atoms with E-state index < -0.39 is 11.0 Å². The summed E-state index contributed by atoms with van der Waals surface area (Å²) in [6, 6.07) is 26.9. The quantitative estimate of drug-likeness (QED) is 0.337. The van der Waals surface area contributed by atoms with Crippen molar-refractivity contribution in [3.63, 3.8) is 0 Å². The van der Waals surface area contributed by atoms with Crippen LogP contribution in [-0.2, 0) is 10.2 Å². The Labute approximate surface area is 182 Å². The van der Waals surface area contributed by atoms with Crippen molar-refractivity contribution >= 4 is 44.7 Å². The molecule has 2 N–H and O–H groups in total. The van der Waals surface area contributed by atoms with E-state index in [-0.39, 0.29) is 5.91 Å². The summed E-state index contributed by atoms with van der Waals surface area (Å²) in [5.74, 6) is -0.248. The first-order valence-corrected chi connectivity index (χ1v) is 10.5. The van der Waals surface area contributed by atoms with Crippen molar-refractivity contribution in [3.8, 4) is 0 Å². The Bertz CT molecular complexity index is 1680. The van der Waals surface area contributed by atoms with Crippen LogP contribution in [0.4, 0.5) is 17.1 Å². The predicted octanol–water partition coefficient (Wildman–Crippen LogP) is 5.29. The van der Waals surface area contributed by atoms with Gasteiger partial charge in [0.05, 0.1) is 11.3 Å². The van der Waals surface area contributed by atoms with Crippen molar-refractivity contribution in [3.05, 3.63) is 112 Å². The van der Waals surface area contributed by atoms with E-state index in [9.17, 15) is 9.59 Å². The largest absolute Gasteiger partial charge is 0.422 e. The van der Waals surface area contributed by atoms with Crippen molar-refractivity contribution < 1.29 is 9.21 Å². The molecule has 152 valence electrons. The molecule has 5 heteroatoms. The average Bonchev–Trinajstić information content (AvgIpc) is 3.12. The summed E-state index contributed by atoms with van der Waals surface area (Å²) in [6.07, 6.45) is 0. The Morgan fingerprint density at radius 1 is 0.656 bits per heavy atom. The van der Waals surface area contributed by atoms with E-state index in [4.69, 9.17) is 4.42 Å². The molecule has 0 fully saturated rings. The second-order valence-corrected chi connectivity index (χ2v) is 8.22. The van der Waals surface area contributed by atoms with Crippen molar-refractivity contribution in [2.24, 2.45) is 0 Å². The highest BCUT2D eigenvalue weighted by Crippen LogP contribution is 2.56. The Balaban J connectivity index is 1.75. The lowest BCUT2D eigenvalue weighted by atomic mass is 9.66. The first-order valence-electron chi connectivity index (χ1n) is 10.5. The van der Waals surface area contributed by atoms with Crippen LogP contribution in [0.2, 0.25) is 0 Å². The fourth-order valence-electron chi connectivity index (χ4n) is 5.41. The molecule has 0 bridgehead atoms. The summed E-state index contributed by atoms with van der Waals surface area (Å²) in [5.41, 5.74) is 2.62. The van der Waals surface area contributed by atoms with Gasteiger partial charge in [-0.3, -0.25) is 4.79 Å². The minimum absolute atomic E-state index is 0.248. The van der Waals surface area contributed by atoms with Gasteiger partial charge in [0, 0.05) is 27.9 Å². The number of nitrogens with one attached hydrogen (secondary N) is 2. The van der Waals surface area contributed by atoms with E-state index in [0.717, 1.165) is 33.0 Å². The van der Waals surface area contributed by atoms with Crippen LogP contribution >= 0.6 is 0 Å². The molecule has 1 amide bonds. The zero-order valence-electron chi connectivity index (χ0n) is 16.8. The average molecular weight is 416 g/mol. The second-order valence-electron chi connectivity index (χ2n) is 8.22. The number of benzene rings is 4. The summed E-state index contributed by atoms with van der Waals surface area (Å²) in [6.45, 7) is 0. The molecule has 3 heterocycles. The predicted molar refractivity (Wildman–Crippen MR) is 125 cm³/mol. The molecule has 0 saturated heterocycles. The highest BCUT2D eigenvalue weighted by Gasteiger charge is 2.56. The third-order valence-corrected chi connectivity index (χ3v) is 6.67. The van der Waals surface area contributed by atoms with E-state index in [0.29, 0.717) is 22.5 Å². The van der Waals surface area contributed by atoms with Gasteiger partial charge in [0.2, 0.25) is 5.91 Å². The fraction of sp³-hybridized carbons (Fsp3) is 0.0370. The highest BCUT2D eigenvalue weighted by molar-refractivity contribution is 6.19. The standard InChI is InChI=1S/C27H16N2O3/c30-25-23-24(17-9-3-6-12-21(17)32-25)28-19-11-5-4-10-18(19)27(23)22-16-8-2-1-7-15(16)13-14-20(22)29-26(27)31/h1-14,28H,(H,29,31). The van der Waals surface area contributed by atoms with Gasteiger partial charge in [-0.1, -0.05) is 60.7 Å². The van der Waals surface area contributed by atoms with Crippen molar-refractivity contribution in [2.75, 3.05) is 10.6 Å². The van der Waals surface area contributed by atoms with Crippen LogP contribution in [0, 0.1) is 0 Å². The van der Waals surface area contributed by atoms with Crippen LogP contribution in [0.3, 0.4) is 0 Å². The van der Waals surface area contributed by atoms with Gasteiger partial charge in [-0.2, -0.15) is 0 Å². The maximum Gasteiger partial charge on any atom is 0.343 e. The molecule has 0 radical (unpaired) electrons. The zero-order chi connectivity index (χ0) is 21.4. The molecule has 5 nitrogen and oxygen atoms in total. The summed E-state index contributed by atoms with van der Waals surface area (Å²) >= 11 is 0. The van der Waals surface area contributed by atoms with Gasteiger partial charge in [0.25, 0.3) is 0 Å². The first-order chi connectivity index (χ1) is 15.7. The molecule has 4 aromatic carbocycles. The van der Waals surface area contributed by atoms with Gasteiger partial charge in [-0.15, -0.1) is 0 Å². The van der Waals surface area contributed by atoms with Gasteiger partial charge in [-0.05, 0) is 35.0 Å². The van der Waals surface area contributed by atoms with Crippen molar-refractivity contribution in [2.45, 2.75) is 5.41 Å². The summed E-state index contributed by atoms with van der Waals surface area (Å²) in [5, 5.41) is 9.19. The lowest BCUT2D eigenvalue weighted by molar-refractivity contribution is -0.118. The summed E-state index contributed by atoms with van der Waals surface area (Å²) in [7, 11) is 0. The third kappa shape index (κ3) is 1.93. The van der Waals surface area contributed by atoms with Crippen molar-refractivity contribution in [1.29, 1.82) is 0 Å². The topological polar surface area (TPSA) is 71.3 Å². The molecular formula is C27H16N2O3. The number of amides is 1. The molecule has 32 heavy (non-hydrogen) atoms. The van der Waals surface area contributed by atoms with Crippen LogP contribution in [0.25, 0.3) is 21.7 Å². The van der Waals surface area contributed by atoms with E-state index in [2.05, 4.69) is 10.6 Å². The lowest BCUT2D eigenvalue weighted by Crippen LogP contribution is -2.44. The van der Waals surface area contributed by atoms with Crippen LogP contribution in [-0.4, -0.2) is 5.91 Å². The van der Waals surface area contributed by atoms with Crippen LogP contribution in [0.1, 0.15) is 16.7 Å². The van der Waals surface area contributed by atoms with E-state index in [1.807, 2.05) is 78.9 Å². The summed E-state index contributed by atoms with van der Waals surface area (Å²) in [4.78, 5) is 27.5. The van der Waals surface area contributed by atoms with Gasteiger partial charge in [0.1, 0.15) is 11.0 Å². The first kappa shape index (κ1) is 17.3. The number of hydrogen-bond donors (Lipinski definition) is 2. The molecule has 2 aliphatic rings. The third-order valence-electron chi connectivity index (χ3n) is 6.67. The number of carbonyl (C=O) groups excluding carboxylic acids is 1. The number of para-hydroxylation sites is 2. The molecular weight excluding hydrogens is 400 g/mol. The minimum atomic E-state index is -1.32. The van der Waals surface area contributed by atoms with Gasteiger partial charge in [-0.25, -0.2) is 4.79 Å². The van der Waals surface area contributed by atoms with E-state index in [1.165, 1.54) is 0 Å². The van der Waals surface area contributed by atoms with Crippen LogP contribution < -0.4 is 16.3 Å². The molecule has 2 aliphatic heterocycles. The molecule has 0 aliphatic carbocycles. The lowest BCUT2D eigenvalue weighted by Gasteiger charge is -2.36. The zero-order valence-corrected chi connectivity index (χ0v) is 16.8. The Kier molecular flexibility index (Phi) is 3.17. The van der Waals surface area contributed by atoms with Crippen LogP contribution in [0.5, 0.6) is 0 Å². The number of fused-ring (bicyclic) bond motifs is 10. The molecule has 1 unspecified atom stereocenters. The fourth-order valence-corrected chi connectivity index (χ4v) is 5.41. The molecule has 1 aromatic heterocycles. The maximum atomic E-state index is 13.9. The Morgan fingerprint density at radius 2 is 1.41 bits per heavy atom. The molecule has 5 aromatic rings. The van der Waals surface area contributed by atoms with Gasteiger partial charge >= 0.3 is 5.63 Å². The van der Waals surface area contributed by atoms with Gasteiger partial charge in [0.15, 0.2) is 0 Å². The minimum Gasteiger partial charge on any atom is -0.422 e. The van der Waals surface area contributed by atoms with E-state index >= 15 is 0 Å². The Morgan fingerprint density at radius 3 is 2.31 bits per heavy atom. The van der Waals surface area contributed by atoms with E-state index in [1.54, 1.807) is 6.07 Å².